The smallest absolute Gasteiger partial charge is 0.328 e. The average molecular weight is 246 g/mol. The molecule has 0 aliphatic rings. The number of rotatable bonds is 4. The van der Waals surface area contributed by atoms with Gasteiger partial charge in [0.2, 0.25) is 5.91 Å². The van der Waals surface area contributed by atoms with E-state index in [0.717, 1.165) is 0 Å². The lowest BCUT2D eigenvalue weighted by molar-refractivity contribution is -0.121. The van der Waals surface area contributed by atoms with Crippen molar-refractivity contribution in [2.24, 2.45) is 0 Å². The Morgan fingerprint density at radius 2 is 2.25 bits per heavy atom. The summed E-state index contributed by atoms with van der Waals surface area (Å²) in [5.74, 6) is -0.156. The molecule has 0 saturated carbocycles. The third-order valence-electron chi connectivity index (χ3n) is 1.92. The summed E-state index contributed by atoms with van der Waals surface area (Å²) in [4.78, 5) is 35.4. The maximum Gasteiger partial charge on any atom is 0.328 e. The largest absolute Gasteiger partial charge is 0.356 e. The first-order chi connectivity index (χ1) is 7.54. The molecule has 7 heteroatoms. The molecule has 0 bridgehead atoms. The zero-order chi connectivity index (χ0) is 12.1. The van der Waals surface area contributed by atoms with Gasteiger partial charge in [0.05, 0.1) is 0 Å². The van der Waals surface area contributed by atoms with Crippen LogP contribution in [0.3, 0.4) is 0 Å². The summed E-state index contributed by atoms with van der Waals surface area (Å²) in [6.45, 7) is 2.53. The Hall–Kier alpha value is -1.56. The number of carbonyl (C=O) groups is 1. The van der Waals surface area contributed by atoms with Crippen molar-refractivity contribution in [3.8, 4) is 0 Å². The predicted octanol–water partition coefficient (Wildman–Crippen LogP) is -0.284. The second-order valence-electron chi connectivity index (χ2n) is 3.13. The summed E-state index contributed by atoms with van der Waals surface area (Å²) < 4.78 is 1.19. The van der Waals surface area contributed by atoms with Crippen molar-refractivity contribution in [3.63, 3.8) is 0 Å². The van der Waals surface area contributed by atoms with Crippen LogP contribution in [0.1, 0.15) is 13.3 Å². The van der Waals surface area contributed by atoms with Crippen LogP contribution in [0.2, 0.25) is 5.02 Å². The van der Waals surface area contributed by atoms with Gasteiger partial charge in [-0.25, -0.2) is 4.79 Å². The molecule has 1 heterocycles. The Morgan fingerprint density at radius 3 is 2.88 bits per heavy atom. The molecule has 0 spiro atoms. The Labute approximate surface area is 96.2 Å². The Morgan fingerprint density at radius 1 is 1.56 bits per heavy atom. The van der Waals surface area contributed by atoms with Gasteiger partial charge >= 0.3 is 5.69 Å². The van der Waals surface area contributed by atoms with E-state index < -0.39 is 11.2 Å². The van der Waals surface area contributed by atoms with Crippen LogP contribution in [0.5, 0.6) is 0 Å². The molecule has 0 aromatic carbocycles. The highest BCUT2D eigenvalue weighted by Crippen LogP contribution is 1.96. The first-order valence-electron chi connectivity index (χ1n) is 4.80. The number of halogens is 1. The number of hydrogen-bond donors (Lipinski definition) is 2. The van der Waals surface area contributed by atoms with Gasteiger partial charge in [0, 0.05) is 25.7 Å². The maximum absolute atomic E-state index is 11.3. The monoisotopic (exact) mass is 245 g/mol. The summed E-state index contributed by atoms with van der Waals surface area (Å²) in [5.41, 5.74) is -1.19. The van der Waals surface area contributed by atoms with Gasteiger partial charge in [-0.3, -0.25) is 19.1 Å². The summed E-state index contributed by atoms with van der Waals surface area (Å²) in [6, 6.07) is 0. The van der Waals surface area contributed by atoms with E-state index in [-0.39, 0.29) is 23.9 Å². The zero-order valence-corrected chi connectivity index (χ0v) is 9.50. The quantitative estimate of drug-likeness (QED) is 0.765. The van der Waals surface area contributed by atoms with Crippen LogP contribution in [0, 0.1) is 0 Å². The van der Waals surface area contributed by atoms with Gasteiger partial charge in [0.1, 0.15) is 5.02 Å². The Bertz CT molecular complexity index is 492. The van der Waals surface area contributed by atoms with Crippen molar-refractivity contribution in [2.45, 2.75) is 19.9 Å². The van der Waals surface area contributed by atoms with Gasteiger partial charge in [0.25, 0.3) is 5.56 Å². The summed E-state index contributed by atoms with van der Waals surface area (Å²) in [5, 5.41) is 2.53. The van der Waals surface area contributed by atoms with Crippen LogP contribution >= 0.6 is 11.6 Å². The normalized spacial score (nSPS) is 10.1. The molecular weight excluding hydrogens is 234 g/mol. The predicted molar refractivity (Wildman–Crippen MR) is 59.6 cm³/mol. The van der Waals surface area contributed by atoms with Gasteiger partial charge in [-0.1, -0.05) is 11.6 Å². The maximum atomic E-state index is 11.3. The molecule has 16 heavy (non-hydrogen) atoms. The van der Waals surface area contributed by atoms with Crippen LogP contribution < -0.4 is 16.6 Å². The summed E-state index contributed by atoms with van der Waals surface area (Å²) in [7, 11) is 0. The van der Waals surface area contributed by atoms with Gasteiger partial charge < -0.3 is 5.32 Å². The van der Waals surface area contributed by atoms with Crippen molar-refractivity contribution in [2.75, 3.05) is 6.54 Å². The van der Waals surface area contributed by atoms with Crippen LogP contribution in [0.4, 0.5) is 0 Å². The third kappa shape index (κ3) is 3.23. The minimum atomic E-state index is -0.624. The molecular formula is C9H12ClN3O3. The number of nitrogens with one attached hydrogen (secondary N) is 2. The molecule has 1 rings (SSSR count). The minimum absolute atomic E-state index is 0.0736. The highest BCUT2D eigenvalue weighted by atomic mass is 35.5. The van der Waals surface area contributed by atoms with Crippen LogP contribution in [-0.4, -0.2) is 22.0 Å². The number of amides is 1. The van der Waals surface area contributed by atoms with E-state index in [4.69, 9.17) is 11.6 Å². The lowest BCUT2D eigenvalue weighted by atomic mass is 10.4. The molecule has 6 nitrogen and oxygen atoms in total. The van der Waals surface area contributed by atoms with Crippen molar-refractivity contribution >= 4 is 17.5 Å². The molecule has 1 aromatic rings. The molecule has 0 aliphatic heterocycles. The van der Waals surface area contributed by atoms with Gasteiger partial charge in [-0.05, 0) is 6.92 Å². The van der Waals surface area contributed by atoms with Crippen LogP contribution in [-0.2, 0) is 11.3 Å². The lowest BCUT2D eigenvalue weighted by Gasteiger charge is -2.05. The van der Waals surface area contributed by atoms with E-state index in [1.807, 2.05) is 0 Å². The molecule has 0 unspecified atom stereocenters. The van der Waals surface area contributed by atoms with E-state index in [9.17, 15) is 14.4 Å². The molecule has 88 valence electrons. The standard InChI is InChI=1S/C9H12ClN3O3/c1-2-11-7(14)3-4-13-5-6(10)8(15)12-9(13)16/h5H,2-4H2,1H3,(H,11,14)(H,12,15,16). The molecule has 0 fully saturated rings. The molecule has 1 aromatic heterocycles. The number of aromatic amines is 1. The SMILES string of the molecule is CCNC(=O)CCn1cc(Cl)c(=O)[nH]c1=O. The number of nitrogens with zero attached hydrogens (tertiary/aromatic N) is 1. The van der Waals surface area contributed by atoms with Crippen molar-refractivity contribution in [3.05, 3.63) is 32.1 Å². The highest BCUT2D eigenvalue weighted by Gasteiger charge is 2.04. The number of H-pyrrole nitrogens is 1. The summed E-state index contributed by atoms with van der Waals surface area (Å²) in [6.07, 6.45) is 1.39. The molecule has 0 atom stereocenters. The lowest BCUT2D eigenvalue weighted by Crippen LogP contribution is -2.31. The van der Waals surface area contributed by atoms with Gasteiger partial charge in [0.15, 0.2) is 0 Å². The van der Waals surface area contributed by atoms with Crippen molar-refractivity contribution < 1.29 is 4.79 Å². The molecule has 0 saturated heterocycles. The minimum Gasteiger partial charge on any atom is -0.356 e. The number of hydrogen-bond acceptors (Lipinski definition) is 3. The zero-order valence-electron chi connectivity index (χ0n) is 8.75. The topological polar surface area (TPSA) is 84.0 Å². The fraction of sp³-hybridized carbons (Fsp3) is 0.444. The van der Waals surface area contributed by atoms with Crippen LogP contribution in [0.15, 0.2) is 15.8 Å². The van der Waals surface area contributed by atoms with E-state index in [0.29, 0.717) is 6.54 Å². The van der Waals surface area contributed by atoms with Gasteiger partial charge in [-0.2, -0.15) is 0 Å². The van der Waals surface area contributed by atoms with E-state index >= 15 is 0 Å². The number of carbonyl (C=O) groups excluding carboxylic acids is 1. The number of aromatic nitrogens is 2. The van der Waals surface area contributed by atoms with E-state index in [1.165, 1.54) is 10.8 Å². The van der Waals surface area contributed by atoms with Crippen LogP contribution in [0.25, 0.3) is 0 Å². The summed E-state index contributed by atoms with van der Waals surface area (Å²) >= 11 is 5.56. The fourth-order valence-corrected chi connectivity index (χ4v) is 1.32. The first-order valence-corrected chi connectivity index (χ1v) is 5.18. The molecule has 0 radical (unpaired) electrons. The van der Waals surface area contributed by atoms with Gasteiger partial charge in [-0.15, -0.1) is 0 Å². The van der Waals surface area contributed by atoms with Crippen molar-refractivity contribution in [1.82, 2.24) is 14.9 Å². The van der Waals surface area contributed by atoms with Crippen molar-refractivity contribution in [1.29, 1.82) is 0 Å². The second-order valence-corrected chi connectivity index (χ2v) is 3.54. The third-order valence-corrected chi connectivity index (χ3v) is 2.19. The highest BCUT2D eigenvalue weighted by molar-refractivity contribution is 6.30. The second kappa shape index (κ2) is 5.50. The number of aryl methyl sites for hydroxylation is 1. The Kier molecular flexibility index (Phi) is 4.30. The van der Waals surface area contributed by atoms with E-state index in [2.05, 4.69) is 10.3 Å². The average Bonchev–Trinajstić information content (AvgIpc) is 2.22. The first kappa shape index (κ1) is 12.5. The fourth-order valence-electron chi connectivity index (χ4n) is 1.16. The van der Waals surface area contributed by atoms with E-state index in [1.54, 1.807) is 6.92 Å². The molecule has 0 aliphatic carbocycles. The molecule has 1 amide bonds. The Balaban J connectivity index is 2.75. The molecule has 2 N–H and O–H groups in total.